The van der Waals surface area contributed by atoms with Crippen LogP contribution in [0.15, 0.2) is 35.7 Å². The lowest BCUT2D eigenvalue weighted by atomic mass is 10.0. The summed E-state index contributed by atoms with van der Waals surface area (Å²) in [5.41, 5.74) is 3.31. The van der Waals surface area contributed by atoms with Crippen LogP contribution in [0.4, 0.5) is 0 Å². The van der Waals surface area contributed by atoms with Crippen LogP contribution in [0.25, 0.3) is 10.9 Å². The SMILES string of the molecule is O=C(O)c1ccc2[nH]c3c(c2c1)CN(C(=O)c1cccs1)CC3. The highest BCUT2D eigenvalue weighted by Gasteiger charge is 2.25. The summed E-state index contributed by atoms with van der Waals surface area (Å²) >= 11 is 1.44. The monoisotopic (exact) mass is 326 g/mol. The summed E-state index contributed by atoms with van der Waals surface area (Å²) in [6.45, 7) is 1.18. The number of carbonyl (C=O) groups is 2. The van der Waals surface area contributed by atoms with Crippen molar-refractivity contribution < 1.29 is 14.7 Å². The van der Waals surface area contributed by atoms with E-state index < -0.39 is 5.97 Å². The van der Waals surface area contributed by atoms with Crippen LogP contribution in [-0.4, -0.2) is 33.4 Å². The van der Waals surface area contributed by atoms with Crippen LogP contribution >= 0.6 is 11.3 Å². The highest BCUT2D eigenvalue weighted by Crippen LogP contribution is 2.29. The van der Waals surface area contributed by atoms with Crippen LogP contribution in [-0.2, 0) is 13.0 Å². The molecule has 5 nitrogen and oxygen atoms in total. The predicted octanol–water partition coefficient (Wildman–Crippen LogP) is 3.13. The first-order valence-electron chi connectivity index (χ1n) is 7.33. The number of carboxylic acid groups (broad SMARTS) is 1. The zero-order valence-electron chi connectivity index (χ0n) is 12.2. The summed E-state index contributed by atoms with van der Waals surface area (Å²) < 4.78 is 0. The molecule has 3 aromatic rings. The van der Waals surface area contributed by atoms with Crippen molar-refractivity contribution in [3.63, 3.8) is 0 Å². The number of aromatic amines is 1. The van der Waals surface area contributed by atoms with E-state index in [9.17, 15) is 14.7 Å². The summed E-state index contributed by atoms with van der Waals surface area (Å²) in [5, 5.41) is 12.0. The zero-order valence-corrected chi connectivity index (χ0v) is 13.0. The maximum absolute atomic E-state index is 12.5. The Bertz CT molecular complexity index is 911. The molecule has 2 aromatic heterocycles. The molecule has 0 bridgehead atoms. The van der Waals surface area contributed by atoms with Gasteiger partial charge in [-0.25, -0.2) is 4.79 Å². The topological polar surface area (TPSA) is 73.4 Å². The smallest absolute Gasteiger partial charge is 0.335 e. The molecule has 1 amide bonds. The highest BCUT2D eigenvalue weighted by molar-refractivity contribution is 7.12. The van der Waals surface area contributed by atoms with Crippen molar-refractivity contribution in [2.45, 2.75) is 13.0 Å². The number of benzene rings is 1. The minimum atomic E-state index is -0.941. The van der Waals surface area contributed by atoms with Gasteiger partial charge in [0.15, 0.2) is 0 Å². The largest absolute Gasteiger partial charge is 0.478 e. The molecule has 4 rings (SSSR count). The van der Waals surface area contributed by atoms with Crippen molar-refractivity contribution in [1.82, 2.24) is 9.88 Å². The second-order valence-electron chi connectivity index (χ2n) is 5.60. The molecular weight excluding hydrogens is 312 g/mol. The molecule has 6 heteroatoms. The molecular formula is C17H14N2O3S. The van der Waals surface area contributed by atoms with Gasteiger partial charge in [0.1, 0.15) is 0 Å². The number of aromatic carboxylic acids is 1. The Labute approximate surface area is 136 Å². The van der Waals surface area contributed by atoms with Gasteiger partial charge in [-0.1, -0.05) is 6.07 Å². The van der Waals surface area contributed by atoms with E-state index in [1.165, 1.54) is 11.3 Å². The van der Waals surface area contributed by atoms with E-state index >= 15 is 0 Å². The van der Waals surface area contributed by atoms with Gasteiger partial charge in [-0.05, 0) is 29.6 Å². The van der Waals surface area contributed by atoms with Gasteiger partial charge in [0.05, 0.1) is 10.4 Å². The average Bonchev–Trinajstić information content (AvgIpc) is 3.20. The molecule has 1 aliphatic rings. The molecule has 0 aliphatic carbocycles. The maximum Gasteiger partial charge on any atom is 0.335 e. The Morgan fingerprint density at radius 2 is 2.13 bits per heavy atom. The number of fused-ring (bicyclic) bond motifs is 3. The molecule has 2 N–H and O–H groups in total. The number of hydrogen-bond acceptors (Lipinski definition) is 3. The van der Waals surface area contributed by atoms with E-state index in [0.29, 0.717) is 13.1 Å². The van der Waals surface area contributed by atoms with Gasteiger partial charge in [0, 0.05) is 41.7 Å². The predicted molar refractivity (Wildman–Crippen MR) is 88.0 cm³/mol. The molecule has 0 saturated carbocycles. The molecule has 0 fully saturated rings. The Morgan fingerprint density at radius 1 is 1.26 bits per heavy atom. The molecule has 116 valence electrons. The van der Waals surface area contributed by atoms with Crippen LogP contribution in [0.2, 0.25) is 0 Å². The van der Waals surface area contributed by atoms with E-state index in [1.54, 1.807) is 18.2 Å². The van der Waals surface area contributed by atoms with E-state index in [0.717, 1.165) is 33.5 Å². The van der Waals surface area contributed by atoms with Crippen molar-refractivity contribution in [3.05, 3.63) is 57.4 Å². The standard InChI is InChI=1S/C17H14N2O3S/c20-16(15-2-1-7-23-15)19-6-5-14-12(9-19)11-8-10(17(21)22)3-4-13(11)18-14/h1-4,7-8,18H,5-6,9H2,(H,21,22). The Hall–Kier alpha value is -2.60. The van der Waals surface area contributed by atoms with E-state index in [2.05, 4.69) is 4.98 Å². The highest BCUT2D eigenvalue weighted by atomic mass is 32.1. The second kappa shape index (κ2) is 5.24. The molecule has 1 aromatic carbocycles. The number of nitrogens with zero attached hydrogens (tertiary/aromatic N) is 1. The molecule has 3 heterocycles. The molecule has 0 unspecified atom stereocenters. The van der Waals surface area contributed by atoms with Crippen LogP contribution < -0.4 is 0 Å². The van der Waals surface area contributed by atoms with Gasteiger partial charge in [-0.2, -0.15) is 0 Å². The van der Waals surface area contributed by atoms with E-state index in [1.807, 2.05) is 22.4 Å². The van der Waals surface area contributed by atoms with Crippen LogP contribution in [0.5, 0.6) is 0 Å². The van der Waals surface area contributed by atoms with Gasteiger partial charge >= 0.3 is 5.97 Å². The summed E-state index contributed by atoms with van der Waals surface area (Å²) in [7, 11) is 0. The van der Waals surface area contributed by atoms with Crippen LogP contribution in [0, 0.1) is 0 Å². The first-order valence-corrected chi connectivity index (χ1v) is 8.21. The molecule has 0 radical (unpaired) electrons. The number of aromatic nitrogens is 1. The normalized spacial score (nSPS) is 14.0. The number of carbonyl (C=O) groups excluding carboxylic acids is 1. The van der Waals surface area contributed by atoms with Gasteiger partial charge in [-0.3, -0.25) is 4.79 Å². The molecule has 0 saturated heterocycles. The van der Waals surface area contributed by atoms with Crippen molar-refractivity contribution >= 4 is 34.1 Å². The van der Waals surface area contributed by atoms with Crippen molar-refractivity contribution in [2.24, 2.45) is 0 Å². The zero-order chi connectivity index (χ0) is 16.0. The fourth-order valence-electron chi connectivity index (χ4n) is 3.08. The summed E-state index contributed by atoms with van der Waals surface area (Å²) in [6.07, 6.45) is 0.754. The van der Waals surface area contributed by atoms with Crippen molar-refractivity contribution in [3.8, 4) is 0 Å². The third-order valence-electron chi connectivity index (χ3n) is 4.24. The third kappa shape index (κ3) is 2.31. The average molecular weight is 326 g/mol. The first-order chi connectivity index (χ1) is 11.1. The van der Waals surface area contributed by atoms with Crippen LogP contribution in [0.3, 0.4) is 0 Å². The van der Waals surface area contributed by atoms with Crippen molar-refractivity contribution in [2.75, 3.05) is 6.54 Å². The number of rotatable bonds is 2. The molecule has 23 heavy (non-hydrogen) atoms. The number of hydrogen-bond donors (Lipinski definition) is 2. The molecule has 1 aliphatic heterocycles. The second-order valence-corrected chi connectivity index (χ2v) is 6.55. The van der Waals surface area contributed by atoms with Gasteiger partial charge in [0.2, 0.25) is 0 Å². The summed E-state index contributed by atoms with van der Waals surface area (Å²) in [6, 6.07) is 8.79. The number of H-pyrrole nitrogens is 1. The van der Waals surface area contributed by atoms with Gasteiger partial charge in [0.25, 0.3) is 5.91 Å². The lowest BCUT2D eigenvalue weighted by Crippen LogP contribution is -2.35. The van der Waals surface area contributed by atoms with Crippen molar-refractivity contribution in [1.29, 1.82) is 0 Å². The first kappa shape index (κ1) is 14.0. The minimum absolute atomic E-state index is 0.0365. The number of carboxylic acids is 1. The van der Waals surface area contributed by atoms with E-state index in [-0.39, 0.29) is 11.5 Å². The number of nitrogens with one attached hydrogen (secondary N) is 1. The Kier molecular flexibility index (Phi) is 3.20. The number of thiophene rings is 1. The third-order valence-corrected chi connectivity index (χ3v) is 5.10. The fourth-order valence-corrected chi connectivity index (χ4v) is 3.77. The number of amides is 1. The maximum atomic E-state index is 12.5. The van der Waals surface area contributed by atoms with E-state index in [4.69, 9.17) is 0 Å². The Balaban J connectivity index is 1.73. The van der Waals surface area contributed by atoms with Gasteiger partial charge < -0.3 is 15.0 Å². The van der Waals surface area contributed by atoms with Crippen LogP contribution in [0.1, 0.15) is 31.3 Å². The van der Waals surface area contributed by atoms with Gasteiger partial charge in [-0.15, -0.1) is 11.3 Å². The lowest BCUT2D eigenvalue weighted by molar-refractivity contribution is 0.0695. The summed E-state index contributed by atoms with van der Waals surface area (Å²) in [5.74, 6) is -0.904. The Morgan fingerprint density at radius 3 is 2.87 bits per heavy atom. The fraction of sp³-hybridized carbons (Fsp3) is 0.176. The minimum Gasteiger partial charge on any atom is -0.478 e. The summed E-state index contributed by atoms with van der Waals surface area (Å²) in [4.78, 5) is 29.6. The molecule has 0 spiro atoms. The quantitative estimate of drug-likeness (QED) is 0.760. The molecule has 0 atom stereocenters. The lowest BCUT2D eigenvalue weighted by Gasteiger charge is -2.26.